The van der Waals surface area contributed by atoms with Crippen molar-refractivity contribution >= 4 is 5.91 Å². The van der Waals surface area contributed by atoms with Crippen LogP contribution in [0.4, 0.5) is 0 Å². The first kappa shape index (κ1) is 10.9. The van der Waals surface area contributed by atoms with Crippen LogP contribution in [0.3, 0.4) is 0 Å². The second-order valence-electron chi connectivity index (χ2n) is 3.95. The van der Waals surface area contributed by atoms with Crippen LogP contribution in [0.25, 0.3) is 0 Å². The summed E-state index contributed by atoms with van der Waals surface area (Å²) in [7, 11) is 0. The van der Waals surface area contributed by atoms with Crippen LogP contribution in [0.5, 0.6) is 0 Å². The Hall–Kier alpha value is -1.62. The third-order valence-corrected chi connectivity index (χ3v) is 2.60. The minimum absolute atomic E-state index is 0.0860. The van der Waals surface area contributed by atoms with Gasteiger partial charge in [0.1, 0.15) is 6.26 Å². The van der Waals surface area contributed by atoms with E-state index in [2.05, 4.69) is 9.73 Å². The molecule has 2 rings (SSSR count). The molecule has 5 heteroatoms. The zero-order valence-electron chi connectivity index (χ0n) is 9.10. The van der Waals surface area contributed by atoms with Gasteiger partial charge in [0.2, 0.25) is 0 Å². The third-order valence-electron chi connectivity index (χ3n) is 2.60. The molecule has 86 valence electrons. The minimum Gasteiger partial charge on any atom is -0.430 e. The molecular formula is C11H14N2O3. The van der Waals surface area contributed by atoms with E-state index in [4.69, 9.17) is 0 Å². The van der Waals surface area contributed by atoms with E-state index in [0.717, 1.165) is 6.54 Å². The predicted octanol–water partition coefficient (Wildman–Crippen LogP) is 0.0737. The van der Waals surface area contributed by atoms with E-state index < -0.39 is 5.63 Å². The van der Waals surface area contributed by atoms with Gasteiger partial charge in [-0.25, -0.2) is 4.79 Å². The molecule has 0 aromatic carbocycles. The molecule has 1 fully saturated rings. The SMILES string of the molecule is C[C@@H]1CN(C(=O)c2ccc(=O)oc2)CCN1. The normalized spacial score (nSPS) is 20.8. The Morgan fingerprint density at radius 2 is 2.38 bits per heavy atom. The number of amides is 1. The maximum Gasteiger partial charge on any atom is 0.335 e. The summed E-state index contributed by atoms with van der Waals surface area (Å²) in [5.41, 5.74) is -0.0149. The van der Waals surface area contributed by atoms with Crippen molar-refractivity contribution in [1.82, 2.24) is 10.2 Å². The average Bonchev–Trinajstić information content (AvgIpc) is 2.29. The Bertz CT molecular complexity index is 421. The lowest BCUT2D eigenvalue weighted by Gasteiger charge is -2.31. The standard InChI is InChI=1S/C11H14N2O3/c1-8-6-13(5-4-12-8)11(15)9-2-3-10(14)16-7-9/h2-3,7-8,12H,4-6H2,1H3/t8-/m1/s1. The average molecular weight is 222 g/mol. The van der Waals surface area contributed by atoms with Gasteiger partial charge in [0.15, 0.2) is 0 Å². The first-order valence-electron chi connectivity index (χ1n) is 5.28. The van der Waals surface area contributed by atoms with Gasteiger partial charge in [0, 0.05) is 31.7 Å². The summed E-state index contributed by atoms with van der Waals surface area (Å²) >= 11 is 0. The van der Waals surface area contributed by atoms with Crippen LogP contribution in [-0.2, 0) is 0 Å². The van der Waals surface area contributed by atoms with Crippen molar-refractivity contribution in [3.05, 3.63) is 34.4 Å². The number of piperazine rings is 1. The minimum atomic E-state index is -0.440. The van der Waals surface area contributed by atoms with Gasteiger partial charge in [0.25, 0.3) is 5.91 Å². The number of nitrogens with zero attached hydrogens (tertiary/aromatic N) is 1. The van der Waals surface area contributed by atoms with Gasteiger partial charge in [-0.15, -0.1) is 0 Å². The van der Waals surface area contributed by atoms with E-state index in [1.807, 2.05) is 6.92 Å². The van der Waals surface area contributed by atoms with E-state index in [9.17, 15) is 9.59 Å². The maximum atomic E-state index is 12.0. The number of carbonyl (C=O) groups excluding carboxylic acids is 1. The highest BCUT2D eigenvalue weighted by Gasteiger charge is 2.21. The molecular weight excluding hydrogens is 208 g/mol. The second kappa shape index (κ2) is 4.49. The topological polar surface area (TPSA) is 62.6 Å². The molecule has 0 spiro atoms. The van der Waals surface area contributed by atoms with Gasteiger partial charge < -0.3 is 14.6 Å². The fourth-order valence-electron chi connectivity index (χ4n) is 1.78. The molecule has 0 bridgehead atoms. The number of rotatable bonds is 1. The van der Waals surface area contributed by atoms with E-state index in [1.54, 1.807) is 4.90 Å². The molecule has 5 nitrogen and oxygen atoms in total. The lowest BCUT2D eigenvalue weighted by molar-refractivity contribution is 0.0706. The molecule has 1 aromatic rings. The quantitative estimate of drug-likeness (QED) is 0.730. The van der Waals surface area contributed by atoms with Crippen molar-refractivity contribution in [1.29, 1.82) is 0 Å². The molecule has 16 heavy (non-hydrogen) atoms. The Balaban J connectivity index is 2.12. The zero-order chi connectivity index (χ0) is 11.5. The van der Waals surface area contributed by atoms with E-state index in [1.165, 1.54) is 18.4 Å². The van der Waals surface area contributed by atoms with Gasteiger partial charge in [-0.05, 0) is 13.0 Å². The predicted molar refractivity (Wildman–Crippen MR) is 58.3 cm³/mol. The fraction of sp³-hybridized carbons (Fsp3) is 0.455. The highest BCUT2D eigenvalue weighted by molar-refractivity contribution is 5.93. The van der Waals surface area contributed by atoms with Crippen LogP contribution in [0, 0.1) is 0 Å². The van der Waals surface area contributed by atoms with Crippen LogP contribution in [0.15, 0.2) is 27.6 Å². The van der Waals surface area contributed by atoms with E-state index >= 15 is 0 Å². The molecule has 1 aliphatic heterocycles. The van der Waals surface area contributed by atoms with Gasteiger partial charge in [0.05, 0.1) is 5.56 Å². The van der Waals surface area contributed by atoms with Crippen LogP contribution in [0.1, 0.15) is 17.3 Å². The fourth-order valence-corrected chi connectivity index (χ4v) is 1.78. The summed E-state index contributed by atoms with van der Waals surface area (Å²) in [6.07, 6.45) is 1.22. The van der Waals surface area contributed by atoms with E-state index in [-0.39, 0.29) is 5.91 Å². The Kier molecular flexibility index (Phi) is 3.05. The van der Waals surface area contributed by atoms with Crippen LogP contribution < -0.4 is 10.9 Å². The van der Waals surface area contributed by atoms with Crippen LogP contribution in [0.2, 0.25) is 0 Å². The van der Waals surface area contributed by atoms with Crippen molar-refractivity contribution in [2.45, 2.75) is 13.0 Å². The summed E-state index contributed by atoms with van der Waals surface area (Å²) in [4.78, 5) is 24.5. The second-order valence-corrected chi connectivity index (χ2v) is 3.95. The maximum absolute atomic E-state index is 12.0. The van der Waals surface area contributed by atoms with Gasteiger partial charge in [-0.3, -0.25) is 4.79 Å². The summed E-state index contributed by atoms with van der Waals surface area (Å²) in [6, 6.07) is 3.06. The first-order valence-corrected chi connectivity index (χ1v) is 5.28. The van der Waals surface area contributed by atoms with Crippen molar-refractivity contribution in [2.24, 2.45) is 0 Å². The highest BCUT2D eigenvalue weighted by Crippen LogP contribution is 2.06. The third kappa shape index (κ3) is 2.30. The summed E-state index contributed by atoms with van der Waals surface area (Å²) in [5.74, 6) is -0.0860. The lowest BCUT2D eigenvalue weighted by atomic mass is 10.2. The van der Waals surface area contributed by atoms with Crippen LogP contribution >= 0.6 is 0 Å². The molecule has 0 unspecified atom stereocenters. The molecule has 1 atom stereocenters. The van der Waals surface area contributed by atoms with Crippen LogP contribution in [-0.4, -0.2) is 36.5 Å². The number of carbonyl (C=O) groups is 1. The molecule has 0 radical (unpaired) electrons. The monoisotopic (exact) mass is 222 g/mol. The number of hydrogen-bond donors (Lipinski definition) is 1. The molecule has 1 aliphatic rings. The van der Waals surface area contributed by atoms with Crippen molar-refractivity contribution in [3.8, 4) is 0 Å². The number of hydrogen-bond acceptors (Lipinski definition) is 4. The highest BCUT2D eigenvalue weighted by atomic mass is 16.4. The van der Waals surface area contributed by atoms with Crippen molar-refractivity contribution in [2.75, 3.05) is 19.6 Å². The van der Waals surface area contributed by atoms with Gasteiger partial charge in [-0.1, -0.05) is 0 Å². The Morgan fingerprint density at radius 3 is 3.00 bits per heavy atom. The Morgan fingerprint density at radius 1 is 1.56 bits per heavy atom. The number of nitrogens with one attached hydrogen (secondary N) is 1. The Labute approximate surface area is 93.1 Å². The molecule has 0 aliphatic carbocycles. The van der Waals surface area contributed by atoms with Gasteiger partial charge >= 0.3 is 5.63 Å². The molecule has 0 saturated carbocycles. The largest absolute Gasteiger partial charge is 0.430 e. The molecule has 1 saturated heterocycles. The van der Waals surface area contributed by atoms with Crippen molar-refractivity contribution in [3.63, 3.8) is 0 Å². The summed E-state index contributed by atoms with van der Waals surface area (Å²) < 4.78 is 4.68. The zero-order valence-corrected chi connectivity index (χ0v) is 9.10. The molecule has 1 amide bonds. The first-order chi connectivity index (χ1) is 7.66. The molecule has 1 aromatic heterocycles. The summed E-state index contributed by atoms with van der Waals surface area (Å²) in [6.45, 7) is 4.19. The molecule has 1 N–H and O–H groups in total. The molecule has 2 heterocycles. The summed E-state index contributed by atoms with van der Waals surface area (Å²) in [5, 5.41) is 3.26. The lowest BCUT2D eigenvalue weighted by Crippen LogP contribution is -2.51. The van der Waals surface area contributed by atoms with E-state index in [0.29, 0.717) is 24.7 Å². The van der Waals surface area contributed by atoms with Gasteiger partial charge in [-0.2, -0.15) is 0 Å². The van der Waals surface area contributed by atoms with Crippen molar-refractivity contribution < 1.29 is 9.21 Å². The smallest absolute Gasteiger partial charge is 0.335 e.